The number of carbonyl (C=O) groups is 1. The molecule has 2 rings (SSSR count). The van der Waals surface area contributed by atoms with Crippen LogP contribution in [0.25, 0.3) is 0 Å². The molecular formula is C9H12ClNOS. The zero-order valence-corrected chi connectivity index (χ0v) is 8.84. The van der Waals surface area contributed by atoms with Crippen molar-refractivity contribution in [2.75, 3.05) is 6.54 Å². The molecule has 0 radical (unpaired) electrons. The number of aryl methyl sites for hydroxylation is 2. The van der Waals surface area contributed by atoms with Crippen LogP contribution in [0.3, 0.4) is 0 Å². The van der Waals surface area contributed by atoms with E-state index >= 15 is 0 Å². The number of nitrogens with two attached hydrogens (primary N) is 1. The van der Waals surface area contributed by atoms with Gasteiger partial charge in [-0.15, -0.1) is 23.7 Å². The Balaban J connectivity index is 0.000000845. The van der Waals surface area contributed by atoms with E-state index < -0.39 is 0 Å². The van der Waals surface area contributed by atoms with Gasteiger partial charge in [-0.3, -0.25) is 4.79 Å². The third-order valence-corrected chi connectivity index (χ3v) is 3.48. The van der Waals surface area contributed by atoms with E-state index in [1.165, 1.54) is 16.9 Å². The molecule has 0 aliphatic heterocycles. The number of rotatable bonds is 2. The Bertz CT molecular complexity index is 300. The molecule has 0 atom stereocenters. The topological polar surface area (TPSA) is 43.1 Å². The second-order valence-electron chi connectivity index (χ2n) is 3.04. The zero-order chi connectivity index (χ0) is 8.55. The third kappa shape index (κ3) is 1.93. The van der Waals surface area contributed by atoms with Gasteiger partial charge in [0.2, 0.25) is 0 Å². The number of Topliss-reactive ketones (excluding diaryl/α,β-unsaturated/α-hetero) is 1. The van der Waals surface area contributed by atoms with E-state index in [2.05, 4.69) is 0 Å². The van der Waals surface area contributed by atoms with E-state index in [4.69, 9.17) is 5.73 Å². The summed E-state index contributed by atoms with van der Waals surface area (Å²) in [7, 11) is 0. The molecule has 1 aromatic heterocycles. The van der Waals surface area contributed by atoms with Crippen LogP contribution < -0.4 is 5.73 Å². The highest BCUT2D eigenvalue weighted by Crippen LogP contribution is 2.30. The molecule has 1 aliphatic carbocycles. The zero-order valence-electron chi connectivity index (χ0n) is 7.21. The van der Waals surface area contributed by atoms with E-state index in [0.717, 1.165) is 17.7 Å². The summed E-state index contributed by atoms with van der Waals surface area (Å²) in [5.41, 5.74) is 6.65. The fourth-order valence-corrected chi connectivity index (χ4v) is 2.77. The van der Waals surface area contributed by atoms with Crippen molar-refractivity contribution in [3.63, 3.8) is 0 Å². The Morgan fingerprint density at radius 2 is 2.31 bits per heavy atom. The molecule has 1 heterocycles. The molecule has 0 saturated carbocycles. The lowest BCUT2D eigenvalue weighted by atomic mass is 10.2. The van der Waals surface area contributed by atoms with Gasteiger partial charge in [-0.1, -0.05) is 0 Å². The maximum absolute atomic E-state index is 11.2. The first-order valence-corrected chi connectivity index (χ1v) is 4.98. The van der Waals surface area contributed by atoms with Crippen molar-refractivity contribution in [2.45, 2.75) is 19.3 Å². The average molecular weight is 218 g/mol. The molecule has 2 N–H and O–H groups in total. The van der Waals surface area contributed by atoms with Crippen LogP contribution in [0.4, 0.5) is 0 Å². The number of hydrogen-bond acceptors (Lipinski definition) is 3. The smallest absolute Gasteiger partial charge is 0.186 e. The Labute approximate surface area is 87.5 Å². The van der Waals surface area contributed by atoms with Gasteiger partial charge in [-0.25, -0.2) is 0 Å². The molecule has 0 saturated heterocycles. The predicted octanol–water partition coefficient (Wildman–Crippen LogP) is 1.80. The second kappa shape index (κ2) is 4.22. The van der Waals surface area contributed by atoms with Gasteiger partial charge in [-0.05, 0) is 30.9 Å². The minimum atomic E-state index is 0. The molecule has 1 aliphatic rings. The normalized spacial score (nSPS) is 13.6. The maximum atomic E-state index is 11.2. The Morgan fingerprint density at radius 1 is 1.54 bits per heavy atom. The van der Waals surface area contributed by atoms with Crippen molar-refractivity contribution in [2.24, 2.45) is 5.73 Å². The van der Waals surface area contributed by atoms with E-state index in [1.807, 2.05) is 6.07 Å². The van der Waals surface area contributed by atoms with Crippen molar-refractivity contribution in [3.8, 4) is 0 Å². The minimum absolute atomic E-state index is 0. The van der Waals surface area contributed by atoms with Crippen molar-refractivity contribution in [1.82, 2.24) is 0 Å². The molecule has 1 aromatic rings. The van der Waals surface area contributed by atoms with E-state index in [9.17, 15) is 4.79 Å². The van der Waals surface area contributed by atoms with Crippen molar-refractivity contribution < 1.29 is 4.79 Å². The number of carbonyl (C=O) groups excluding carboxylic acids is 1. The highest BCUT2D eigenvalue weighted by Gasteiger charge is 2.17. The van der Waals surface area contributed by atoms with Crippen LogP contribution in [0.5, 0.6) is 0 Å². The van der Waals surface area contributed by atoms with E-state index in [1.54, 1.807) is 11.3 Å². The molecule has 72 valence electrons. The molecule has 0 amide bonds. The monoisotopic (exact) mass is 217 g/mol. The largest absolute Gasteiger partial charge is 0.324 e. The summed E-state index contributed by atoms with van der Waals surface area (Å²) >= 11 is 1.63. The summed E-state index contributed by atoms with van der Waals surface area (Å²) in [5.74, 6) is 0.0781. The van der Waals surface area contributed by atoms with Crippen molar-refractivity contribution in [3.05, 3.63) is 21.4 Å². The number of fused-ring (bicyclic) bond motifs is 1. The van der Waals surface area contributed by atoms with Gasteiger partial charge < -0.3 is 5.73 Å². The molecule has 13 heavy (non-hydrogen) atoms. The van der Waals surface area contributed by atoms with Gasteiger partial charge in [0.15, 0.2) is 5.78 Å². The fourth-order valence-electron chi connectivity index (χ4n) is 1.57. The van der Waals surface area contributed by atoms with Gasteiger partial charge >= 0.3 is 0 Å². The SMILES string of the molecule is Cl.NCC(=O)c1cc2c(s1)CCC2. The molecule has 2 nitrogen and oxygen atoms in total. The fraction of sp³-hybridized carbons (Fsp3) is 0.444. The quantitative estimate of drug-likeness (QED) is 0.768. The average Bonchev–Trinajstić information content (AvgIpc) is 2.60. The first-order valence-electron chi connectivity index (χ1n) is 4.16. The van der Waals surface area contributed by atoms with Crippen LogP contribution >= 0.6 is 23.7 Å². The number of thiophene rings is 1. The first kappa shape index (κ1) is 10.7. The summed E-state index contributed by atoms with van der Waals surface area (Å²) in [4.78, 5) is 13.4. The van der Waals surface area contributed by atoms with Crippen LogP contribution in [-0.4, -0.2) is 12.3 Å². The summed E-state index contributed by atoms with van der Waals surface area (Å²) in [6, 6.07) is 2.02. The van der Waals surface area contributed by atoms with Gasteiger partial charge in [0, 0.05) is 4.88 Å². The summed E-state index contributed by atoms with van der Waals surface area (Å²) in [6.45, 7) is 0.138. The summed E-state index contributed by atoms with van der Waals surface area (Å²) in [6.07, 6.45) is 3.54. The number of ketones is 1. The Kier molecular flexibility index (Phi) is 3.47. The van der Waals surface area contributed by atoms with Gasteiger partial charge in [-0.2, -0.15) is 0 Å². The van der Waals surface area contributed by atoms with E-state index in [-0.39, 0.29) is 24.7 Å². The summed E-state index contributed by atoms with van der Waals surface area (Å²) in [5, 5.41) is 0. The van der Waals surface area contributed by atoms with Crippen LogP contribution in [0.2, 0.25) is 0 Å². The lowest BCUT2D eigenvalue weighted by Gasteiger charge is -1.90. The van der Waals surface area contributed by atoms with Gasteiger partial charge in [0.1, 0.15) is 0 Å². The molecule has 0 fully saturated rings. The molecule has 0 unspecified atom stereocenters. The second-order valence-corrected chi connectivity index (χ2v) is 4.18. The van der Waals surface area contributed by atoms with Crippen LogP contribution in [0.15, 0.2) is 6.07 Å². The molecule has 0 bridgehead atoms. The molecule has 0 spiro atoms. The van der Waals surface area contributed by atoms with Gasteiger partial charge in [0.05, 0.1) is 11.4 Å². The standard InChI is InChI=1S/C9H11NOS.ClH/c10-5-7(11)9-4-6-2-1-3-8(6)12-9;/h4H,1-3,5,10H2;1H. The van der Waals surface area contributed by atoms with Crippen LogP contribution in [0.1, 0.15) is 26.5 Å². The van der Waals surface area contributed by atoms with Crippen LogP contribution in [-0.2, 0) is 12.8 Å². The van der Waals surface area contributed by atoms with Crippen molar-refractivity contribution in [1.29, 1.82) is 0 Å². The first-order chi connectivity index (χ1) is 5.81. The van der Waals surface area contributed by atoms with Crippen LogP contribution in [0, 0.1) is 0 Å². The minimum Gasteiger partial charge on any atom is -0.324 e. The Morgan fingerprint density at radius 3 is 2.92 bits per heavy atom. The van der Waals surface area contributed by atoms with Crippen molar-refractivity contribution >= 4 is 29.5 Å². The predicted molar refractivity (Wildman–Crippen MR) is 57.0 cm³/mol. The third-order valence-electron chi connectivity index (χ3n) is 2.21. The molecule has 0 aromatic carbocycles. The van der Waals surface area contributed by atoms with Gasteiger partial charge in [0.25, 0.3) is 0 Å². The van der Waals surface area contributed by atoms with E-state index in [0.29, 0.717) is 0 Å². The highest BCUT2D eigenvalue weighted by atomic mass is 35.5. The maximum Gasteiger partial charge on any atom is 0.186 e. The lowest BCUT2D eigenvalue weighted by molar-refractivity contribution is 0.100. The number of hydrogen-bond donors (Lipinski definition) is 1. The highest BCUT2D eigenvalue weighted by molar-refractivity contribution is 7.14. The molecule has 4 heteroatoms. The molecular weight excluding hydrogens is 206 g/mol. The lowest BCUT2D eigenvalue weighted by Crippen LogP contribution is -2.11. The number of halogens is 1. The summed E-state index contributed by atoms with van der Waals surface area (Å²) < 4.78 is 0. The Hall–Kier alpha value is -0.380.